The van der Waals surface area contributed by atoms with E-state index in [9.17, 15) is 4.79 Å². The molecule has 31 heavy (non-hydrogen) atoms. The molecule has 1 spiro atoms. The molecule has 1 atom stereocenters. The summed E-state index contributed by atoms with van der Waals surface area (Å²) in [5.41, 5.74) is 2.87. The molecule has 2 aromatic rings. The lowest BCUT2D eigenvalue weighted by Crippen LogP contribution is -2.53. The van der Waals surface area contributed by atoms with Gasteiger partial charge in [-0.15, -0.1) is 0 Å². The van der Waals surface area contributed by atoms with E-state index in [0.717, 1.165) is 36.0 Å². The molecule has 6 nitrogen and oxygen atoms in total. The molecule has 7 heteroatoms. The van der Waals surface area contributed by atoms with Crippen molar-refractivity contribution >= 4 is 33.4 Å². The lowest BCUT2D eigenvalue weighted by atomic mass is 9.82. The van der Waals surface area contributed by atoms with E-state index in [1.165, 1.54) is 5.56 Å². The van der Waals surface area contributed by atoms with E-state index in [2.05, 4.69) is 64.6 Å². The first-order valence-corrected chi connectivity index (χ1v) is 11.4. The number of benzene rings is 2. The van der Waals surface area contributed by atoms with Gasteiger partial charge in [0.05, 0.1) is 0 Å². The second-order valence-electron chi connectivity index (χ2n) is 9.13. The van der Waals surface area contributed by atoms with Crippen molar-refractivity contribution in [1.29, 1.82) is 0 Å². The Kier molecular flexibility index (Phi) is 6.08. The SMILES string of the molecule is CC(C)(C)c1ccc(C2=NOC3(CCNCC3)C2OC(=O)Nc2cccc(Br)c2)cc1. The summed E-state index contributed by atoms with van der Waals surface area (Å²) in [4.78, 5) is 18.8. The van der Waals surface area contributed by atoms with Gasteiger partial charge in [-0.05, 0) is 42.3 Å². The number of carbonyl (C=O) groups excluding carboxylic acids is 1. The number of oxime groups is 1. The monoisotopic (exact) mass is 485 g/mol. The number of anilines is 1. The topological polar surface area (TPSA) is 71.9 Å². The predicted molar refractivity (Wildman–Crippen MR) is 126 cm³/mol. The van der Waals surface area contributed by atoms with Crippen LogP contribution in [-0.2, 0) is 15.0 Å². The summed E-state index contributed by atoms with van der Waals surface area (Å²) in [5, 5.41) is 10.6. The first-order valence-electron chi connectivity index (χ1n) is 10.6. The third-order valence-corrected chi connectivity index (χ3v) is 6.34. The number of hydrogen-bond acceptors (Lipinski definition) is 5. The number of rotatable bonds is 3. The lowest BCUT2D eigenvalue weighted by Gasteiger charge is -2.35. The molecule has 2 aliphatic heterocycles. The number of piperidine rings is 1. The van der Waals surface area contributed by atoms with Gasteiger partial charge in [0.15, 0.2) is 11.7 Å². The number of nitrogens with one attached hydrogen (secondary N) is 2. The van der Waals surface area contributed by atoms with Crippen molar-refractivity contribution in [3.8, 4) is 0 Å². The summed E-state index contributed by atoms with van der Waals surface area (Å²) in [6.07, 6.45) is 0.330. The van der Waals surface area contributed by atoms with E-state index in [-0.39, 0.29) is 5.41 Å². The zero-order valence-electron chi connectivity index (χ0n) is 18.1. The van der Waals surface area contributed by atoms with Crippen LogP contribution in [0.1, 0.15) is 44.7 Å². The first kappa shape index (κ1) is 21.8. The van der Waals surface area contributed by atoms with Crippen molar-refractivity contribution in [2.75, 3.05) is 18.4 Å². The van der Waals surface area contributed by atoms with Gasteiger partial charge in [0, 0.05) is 28.6 Å². The molecule has 2 aromatic carbocycles. The zero-order chi connectivity index (χ0) is 22.1. The molecule has 0 bridgehead atoms. The molecule has 0 aromatic heterocycles. The van der Waals surface area contributed by atoms with Gasteiger partial charge in [0.2, 0.25) is 0 Å². The third kappa shape index (κ3) is 4.77. The molecule has 2 N–H and O–H groups in total. The molecule has 0 aliphatic carbocycles. The third-order valence-electron chi connectivity index (χ3n) is 5.84. The van der Waals surface area contributed by atoms with E-state index in [0.29, 0.717) is 11.4 Å². The maximum Gasteiger partial charge on any atom is 0.412 e. The van der Waals surface area contributed by atoms with Gasteiger partial charge >= 0.3 is 6.09 Å². The number of amides is 1. The second kappa shape index (κ2) is 8.63. The summed E-state index contributed by atoms with van der Waals surface area (Å²) in [6, 6.07) is 15.7. The van der Waals surface area contributed by atoms with Gasteiger partial charge in [-0.3, -0.25) is 5.32 Å². The van der Waals surface area contributed by atoms with E-state index >= 15 is 0 Å². The van der Waals surface area contributed by atoms with Crippen LogP contribution in [0.3, 0.4) is 0 Å². The van der Waals surface area contributed by atoms with Crippen molar-refractivity contribution in [1.82, 2.24) is 5.32 Å². The molecule has 0 radical (unpaired) electrons. The molecule has 2 heterocycles. The fourth-order valence-corrected chi connectivity index (χ4v) is 4.42. The fraction of sp³-hybridized carbons (Fsp3) is 0.417. The Morgan fingerprint density at radius 1 is 1.19 bits per heavy atom. The maximum atomic E-state index is 12.8. The van der Waals surface area contributed by atoms with Crippen molar-refractivity contribution in [3.05, 3.63) is 64.1 Å². The minimum absolute atomic E-state index is 0.0581. The van der Waals surface area contributed by atoms with Crippen LogP contribution in [0.15, 0.2) is 58.2 Å². The van der Waals surface area contributed by atoms with E-state index in [4.69, 9.17) is 9.57 Å². The Balaban J connectivity index is 1.58. The summed E-state index contributed by atoms with van der Waals surface area (Å²) < 4.78 is 6.84. The highest BCUT2D eigenvalue weighted by Crippen LogP contribution is 2.37. The summed E-state index contributed by atoms with van der Waals surface area (Å²) >= 11 is 3.42. The molecule has 4 rings (SSSR count). The first-order chi connectivity index (χ1) is 14.8. The van der Waals surface area contributed by atoms with Crippen molar-refractivity contribution < 1.29 is 14.4 Å². The Bertz CT molecular complexity index is 976. The number of hydrogen-bond donors (Lipinski definition) is 2. The second-order valence-corrected chi connectivity index (χ2v) is 10.0. The number of halogens is 1. The Labute approximate surface area is 191 Å². The van der Waals surface area contributed by atoms with Gasteiger partial charge in [0.1, 0.15) is 5.71 Å². The molecule has 1 fully saturated rings. The normalized spacial score (nSPS) is 20.1. The average Bonchev–Trinajstić information content (AvgIpc) is 3.05. The van der Waals surface area contributed by atoms with E-state index in [1.54, 1.807) is 0 Å². The van der Waals surface area contributed by atoms with Gasteiger partial charge < -0.3 is 14.9 Å². The number of carbonyl (C=O) groups is 1. The standard InChI is InChI=1S/C24H28BrN3O3/c1-23(2,3)17-9-7-16(8-10-17)20-21(24(31-28-20)11-13-26-14-12-24)30-22(29)27-19-6-4-5-18(25)15-19/h4-10,15,21,26H,11-14H2,1-3H3,(H,27,29). The van der Waals surface area contributed by atoms with Crippen molar-refractivity contribution in [2.45, 2.75) is 50.7 Å². The highest BCUT2D eigenvalue weighted by molar-refractivity contribution is 9.10. The molecule has 0 saturated carbocycles. The Morgan fingerprint density at radius 2 is 1.90 bits per heavy atom. The van der Waals surface area contributed by atoms with Crippen LogP contribution in [0.2, 0.25) is 0 Å². The molecule has 2 aliphatic rings. The zero-order valence-corrected chi connectivity index (χ0v) is 19.7. The number of ether oxygens (including phenoxy) is 1. The van der Waals surface area contributed by atoms with Crippen molar-refractivity contribution in [2.24, 2.45) is 5.16 Å². The van der Waals surface area contributed by atoms with Gasteiger partial charge in [-0.2, -0.15) is 0 Å². The molecule has 164 valence electrons. The summed E-state index contributed by atoms with van der Waals surface area (Å²) in [7, 11) is 0. The fourth-order valence-electron chi connectivity index (χ4n) is 4.02. The molecule has 1 amide bonds. The molecule has 1 saturated heterocycles. The smallest absolute Gasteiger partial charge is 0.412 e. The quantitative estimate of drug-likeness (QED) is 0.624. The van der Waals surface area contributed by atoms with Gasteiger partial charge in [-0.1, -0.05) is 72.2 Å². The summed E-state index contributed by atoms with van der Waals surface area (Å²) in [5.74, 6) is 0. The minimum Gasteiger partial charge on any atom is -0.435 e. The van der Waals surface area contributed by atoms with E-state index < -0.39 is 17.8 Å². The summed E-state index contributed by atoms with van der Waals surface area (Å²) in [6.45, 7) is 8.12. The van der Waals surface area contributed by atoms with Gasteiger partial charge in [0.25, 0.3) is 0 Å². The maximum absolute atomic E-state index is 12.8. The largest absolute Gasteiger partial charge is 0.435 e. The molecular formula is C24H28BrN3O3. The predicted octanol–water partition coefficient (Wildman–Crippen LogP) is 5.22. The van der Waals surface area contributed by atoms with E-state index in [1.807, 2.05) is 36.4 Å². The van der Waals surface area contributed by atoms with Crippen LogP contribution in [0.25, 0.3) is 0 Å². The molecule has 1 unspecified atom stereocenters. The molecular weight excluding hydrogens is 458 g/mol. The van der Waals surface area contributed by atoms with Crippen LogP contribution in [0.4, 0.5) is 10.5 Å². The Morgan fingerprint density at radius 3 is 2.55 bits per heavy atom. The van der Waals surface area contributed by atoms with Gasteiger partial charge in [-0.25, -0.2) is 4.79 Å². The highest BCUT2D eigenvalue weighted by Gasteiger charge is 2.52. The van der Waals surface area contributed by atoms with Crippen LogP contribution >= 0.6 is 15.9 Å². The van der Waals surface area contributed by atoms with Crippen LogP contribution in [-0.4, -0.2) is 36.6 Å². The minimum atomic E-state index is -0.641. The lowest BCUT2D eigenvalue weighted by molar-refractivity contribution is -0.0936. The highest BCUT2D eigenvalue weighted by atomic mass is 79.9. The van der Waals surface area contributed by atoms with Crippen LogP contribution in [0.5, 0.6) is 0 Å². The van der Waals surface area contributed by atoms with Crippen LogP contribution in [0, 0.1) is 0 Å². The Hall–Kier alpha value is -2.38. The van der Waals surface area contributed by atoms with Crippen molar-refractivity contribution in [3.63, 3.8) is 0 Å². The average molecular weight is 486 g/mol. The van der Waals surface area contributed by atoms with Crippen LogP contribution < -0.4 is 10.6 Å². The number of nitrogens with zero attached hydrogens (tertiary/aromatic N) is 1.